The highest BCUT2D eigenvalue weighted by atomic mass is 19.4. The lowest BCUT2D eigenvalue weighted by molar-refractivity contribution is -0.132. The highest BCUT2D eigenvalue weighted by molar-refractivity contribution is 5.95. The standard InChI is InChI=1S/C11H14F3N3O2/c1-17(4-3-11(12,13)14)9-5-7(10(18)19-2)8(15)6-16-9/h5-6H,3-4,15H2,1-2H3. The van der Waals surface area contributed by atoms with Gasteiger partial charge in [0.2, 0.25) is 0 Å². The van der Waals surface area contributed by atoms with Crippen molar-refractivity contribution in [2.45, 2.75) is 12.6 Å². The number of halogens is 3. The Hall–Kier alpha value is -1.99. The Morgan fingerprint density at radius 3 is 2.68 bits per heavy atom. The maximum absolute atomic E-state index is 12.1. The molecule has 1 heterocycles. The lowest BCUT2D eigenvalue weighted by Gasteiger charge is -2.19. The van der Waals surface area contributed by atoms with Crippen molar-refractivity contribution in [1.82, 2.24) is 4.98 Å². The van der Waals surface area contributed by atoms with Crippen LogP contribution in [0.1, 0.15) is 16.8 Å². The first-order chi connectivity index (χ1) is 8.74. The predicted molar refractivity (Wildman–Crippen MR) is 63.9 cm³/mol. The highest BCUT2D eigenvalue weighted by Crippen LogP contribution is 2.22. The number of hydrogen-bond acceptors (Lipinski definition) is 5. The third-order valence-electron chi connectivity index (χ3n) is 2.45. The van der Waals surface area contributed by atoms with Crippen LogP contribution in [0.5, 0.6) is 0 Å². The molecule has 0 unspecified atom stereocenters. The first kappa shape index (κ1) is 15.1. The number of hydrogen-bond donors (Lipinski definition) is 1. The Balaban J connectivity index is 2.86. The second-order valence-corrected chi connectivity index (χ2v) is 3.91. The third kappa shape index (κ3) is 4.31. The summed E-state index contributed by atoms with van der Waals surface area (Å²) >= 11 is 0. The number of alkyl halides is 3. The Bertz CT molecular complexity index is 463. The maximum Gasteiger partial charge on any atom is 0.390 e. The number of carbonyl (C=O) groups is 1. The minimum absolute atomic E-state index is 0.0753. The fourth-order valence-electron chi connectivity index (χ4n) is 1.36. The smallest absolute Gasteiger partial charge is 0.390 e. The van der Waals surface area contributed by atoms with Crippen molar-refractivity contribution >= 4 is 17.5 Å². The quantitative estimate of drug-likeness (QED) is 0.850. The van der Waals surface area contributed by atoms with Gasteiger partial charge in [0.15, 0.2) is 0 Å². The molecule has 1 aromatic rings. The number of ether oxygens (including phenoxy) is 1. The van der Waals surface area contributed by atoms with Gasteiger partial charge in [0.1, 0.15) is 5.82 Å². The molecule has 0 aliphatic heterocycles. The number of carbonyl (C=O) groups excluding carboxylic acids is 1. The molecule has 0 amide bonds. The summed E-state index contributed by atoms with van der Waals surface area (Å²) in [6.07, 6.45) is -4.00. The number of methoxy groups -OCH3 is 1. The monoisotopic (exact) mass is 277 g/mol. The van der Waals surface area contributed by atoms with Gasteiger partial charge >= 0.3 is 12.1 Å². The molecule has 0 aliphatic rings. The summed E-state index contributed by atoms with van der Waals surface area (Å²) in [6, 6.07) is 1.30. The fraction of sp³-hybridized carbons (Fsp3) is 0.455. The first-order valence-corrected chi connectivity index (χ1v) is 5.36. The van der Waals surface area contributed by atoms with Crippen LogP contribution in [0.4, 0.5) is 24.7 Å². The van der Waals surface area contributed by atoms with Crippen molar-refractivity contribution in [3.8, 4) is 0 Å². The van der Waals surface area contributed by atoms with E-state index in [1.807, 2.05) is 0 Å². The number of nitrogens with zero attached hydrogens (tertiary/aromatic N) is 2. The molecule has 0 atom stereocenters. The number of aromatic nitrogens is 1. The minimum atomic E-state index is -4.24. The predicted octanol–water partition coefficient (Wildman–Crippen LogP) is 1.84. The van der Waals surface area contributed by atoms with Crippen LogP contribution < -0.4 is 10.6 Å². The molecule has 0 bridgehead atoms. The molecule has 0 fully saturated rings. The van der Waals surface area contributed by atoms with E-state index in [2.05, 4.69) is 9.72 Å². The van der Waals surface area contributed by atoms with E-state index in [4.69, 9.17) is 5.73 Å². The molecule has 8 heteroatoms. The average Bonchev–Trinajstić information content (AvgIpc) is 2.34. The molecule has 106 valence electrons. The van der Waals surface area contributed by atoms with Crippen LogP contribution in [0.15, 0.2) is 12.3 Å². The molecule has 0 saturated carbocycles. The van der Waals surface area contributed by atoms with Crippen molar-refractivity contribution in [3.05, 3.63) is 17.8 Å². The summed E-state index contributed by atoms with van der Waals surface area (Å²) < 4.78 is 40.9. The van der Waals surface area contributed by atoms with Crippen molar-refractivity contribution in [2.75, 3.05) is 31.3 Å². The second-order valence-electron chi connectivity index (χ2n) is 3.91. The zero-order valence-corrected chi connectivity index (χ0v) is 10.5. The SMILES string of the molecule is COC(=O)c1cc(N(C)CCC(F)(F)F)ncc1N. The van der Waals surface area contributed by atoms with E-state index >= 15 is 0 Å². The largest absolute Gasteiger partial charge is 0.465 e. The van der Waals surface area contributed by atoms with Gasteiger partial charge in [-0.25, -0.2) is 9.78 Å². The summed E-state index contributed by atoms with van der Waals surface area (Å²) in [5.41, 5.74) is 5.73. The molecule has 0 aromatic carbocycles. The molecular formula is C11H14F3N3O2. The van der Waals surface area contributed by atoms with Crippen molar-refractivity contribution in [2.24, 2.45) is 0 Å². The average molecular weight is 277 g/mol. The van der Waals surface area contributed by atoms with Crippen molar-refractivity contribution in [1.29, 1.82) is 0 Å². The van der Waals surface area contributed by atoms with Gasteiger partial charge in [0, 0.05) is 13.6 Å². The normalized spacial score (nSPS) is 11.2. The van der Waals surface area contributed by atoms with Gasteiger partial charge in [-0.05, 0) is 6.07 Å². The Labute approximate surface area is 108 Å². The zero-order chi connectivity index (χ0) is 14.6. The van der Waals surface area contributed by atoms with Gasteiger partial charge in [-0.15, -0.1) is 0 Å². The molecule has 1 rings (SSSR count). The minimum Gasteiger partial charge on any atom is -0.465 e. The van der Waals surface area contributed by atoms with Gasteiger partial charge in [0.05, 0.1) is 31.0 Å². The van der Waals surface area contributed by atoms with Crippen LogP contribution >= 0.6 is 0 Å². The number of pyridine rings is 1. The molecule has 5 nitrogen and oxygen atoms in total. The van der Waals surface area contributed by atoms with Gasteiger partial charge in [-0.1, -0.05) is 0 Å². The van der Waals surface area contributed by atoms with Crippen LogP contribution in [0.2, 0.25) is 0 Å². The van der Waals surface area contributed by atoms with Crippen LogP contribution in [0.25, 0.3) is 0 Å². The number of rotatable bonds is 4. The molecule has 0 spiro atoms. The molecule has 0 saturated heterocycles. The van der Waals surface area contributed by atoms with E-state index < -0.39 is 18.6 Å². The van der Waals surface area contributed by atoms with Crippen molar-refractivity contribution in [3.63, 3.8) is 0 Å². The Kier molecular flexibility index (Phi) is 4.57. The lowest BCUT2D eigenvalue weighted by Crippen LogP contribution is -2.25. The molecular weight excluding hydrogens is 263 g/mol. The lowest BCUT2D eigenvalue weighted by atomic mass is 10.2. The number of anilines is 2. The number of esters is 1. The molecule has 19 heavy (non-hydrogen) atoms. The van der Waals surface area contributed by atoms with Crippen molar-refractivity contribution < 1.29 is 22.7 Å². The van der Waals surface area contributed by atoms with Crippen LogP contribution in [0.3, 0.4) is 0 Å². The van der Waals surface area contributed by atoms with Crippen LogP contribution in [-0.2, 0) is 4.74 Å². The summed E-state index contributed by atoms with van der Waals surface area (Å²) in [5, 5.41) is 0. The Morgan fingerprint density at radius 1 is 1.53 bits per heavy atom. The Morgan fingerprint density at radius 2 is 2.16 bits per heavy atom. The zero-order valence-electron chi connectivity index (χ0n) is 10.5. The van der Waals surface area contributed by atoms with E-state index in [1.165, 1.54) is 31.3 Å². The topological polar surface area (TPSA) is 68.5 Å². The van der Waals surface area contributed by atoms with E-state index in [-0.39, 0.29) is 23.6 Å². The van der Waals surface area contributed by atoms with Crippen LogP contribution in [0, 0.1) is 0 Å². The highest BCUT2D eigenvalue weighted by Gasteiger charge is 2.27. The van der Waals surface area contributed by atoms with E-state index in [9.17, 15) is 18.0 Å². The summed E-state index contributed by atoms with van der Waals surface area (Å²) in [7, 11) is 2.64. The molecule has 0 aliphatic carbocycles. The molecule has 1 aromatic heterocycles. The summed E-state index contributed by atoms with van der Waals surface area (Å²) in [4.78, 5) is 16.6. The number of nitrogen functional groups attached to an aromatic ring is 1. The van der Waals surface area contributed by atoms with Gasteiger partial charge in [-0.3, -0.25) is 0 Å². The second kappa shape index (κ2) is 5.77. The summed E-state index contributed by atoms with van der Waals surface area (Å²) in [5.74, 6) is -0.441. The third-order valence-corrected chi connectivity index (χ3v) is 2.45. The first-order valence-electron chi connectivity index (χ1n) is 5.36. The molecule has 0 radical (unpaired) electrons. The van der Waals surface area contributed by atoms with Gasteiger partial charge < -0.3 is 15.4 Å². The summed E-state index contributed by atoms with van der Waals surface area (Å²) in [6.45, 7) is -0.263. The van der Waals surface area contributed by atoms with E-state index in [1.54, 1.807) is 0 Å². The number of nitrogens with two attached hydrogens (primary N) is 1. The van der Waals surface area contributed by atoms with E-state index in [0.717, 1.165) is 0 Å². The molecule has 2 N–H and O–H groups in total. The maximum atomic E-state index is 12.1. The van der Waals surface area contributed by atoms with Gasteiger partial charge in [0.25, 0.3) is 0 Å². The van der Waals surface area contributed by atoms with Crippen LogP contribution in [-0.4, -0.2) is 37.8 Å². The fourth-order valence-corrected chi connectivity index (χ4v) is 1.36. The van der Waals surface area contributed by atoms with E-state index in [0.29, 0.717) is 0 Å². The van der Waals surface area contributed by atoms with Gasteiger partial charge in [-0.2, -0.15) is 13.2 Å².